The van der Waals surface area contributed by atoms with Crippen molar-refractivity contribution in [3.8, 4) is 0 Å². The van der Waals surface area contributed by atoms with Crippen LogP contribution in [-0.4, -0.2) is 65.1 Å². The van der Waals surface area contributed by atoms with Crippen LogP contribution in [0, 0.1) is 0 Å². The zero-order valence-electron chi connectivity index (χ0n) is 17.6. The summed E-state index contributed by atoms with van der Waals surface area (Å²) in [4.78, 5) is 15.9. The smallest absolute Gasteiger partial charge is 0.106 e. The third-order valence-corrected chi connectivity index (χ3v) is 6.56. The number of unbranched alkanes of at least 4 members (excludes halogenated alkanes) is 1. The highest BCUT2D eigenvalue weighted by atomic mass is 35.5. The molecule has 0 spiro atoms. The molecule has 1 N–H and O–H groups in total. The lowest BCUT2D eigenvalue weighted by molar-refractivity contribution is 0.0881. The largest absolute Gasteiger partial charge is 0.369 e. The Morgan fingerprint density at radius 3 is 2.83 bits per heavy atom. The van der Waals surface area contributed by atoms with Crippen LogP contribution in [0.5, 0.6) is 0 Å². The van der Waals surface area contributed by atoms with E-state index in [1.165, 1.54) is 50.2 Å². The van der Waals surface area contributed by atoms with E-state index in [1.54, 1.807) is 0 Å². The number of aryl methyl sites for hydroxylation is 1. The highest BCUT2D eigenvalue weighted by molar-refractivity contribution is 6.30. The van der Waals surface area contributed by atoms with Crippen LogP contribution in [0.3, 0.4) is 0 Å². The van der Waals surface area contributed by atoms with Gasteiger partial charge in [0.2, 0.25) is 0 Å². The number of H-pyrrole nitrogens is 1. The first kappa shape index (κ1) is 20.7. The number of nitrogens with one attached hydrogen (secondary N) is 1. The van der Waals surface area contributed by atoms with Crippen LogP contribution >= 0.6 is 11.6 Å². The van der Waals surface area contributed by atoms with Crippen molar-refractivity contribution in [1.29, 1.82) is 0 Å². The molecular formula is C23H34ClN5. The third kappa shape index (κ3) is 5.53. The van der Waals surface area contributed by atoms with Gasteiger partial charge in [-0.15, -0.1) is 0 Å². The number of benzene rings is 1. The molecule has 2 aromatic rings. The lowest BCUT2D eigenvalue weighted by Gasteiger charge is -2.44. The maximum atomic E-state index is 6.17. The summed E-state index contributed by atoms with van der Waals surface area (Å²) < 4.78 is 0. The summed E-state index contributed by atoms with van der Waals surface area (Å²) >= 11 is 6.17. The molecule has 5 nitrogen and oxygen atoms in total. The number of piperazine rings is 1. The molecule has 0 radical (unpaired) electrons. The van der Waals surface area contributed by atoms with E-state index in [2.05, 4.69) is 43.7 Å². The van der Waals surface area contributed by atoms with E-state index in [0.717, 1.165) is 50.0 Å². The minimum Gasteiger partial charge on any atom is -0.369 e. The second-order valence-corrected chi connectivity index (χ2v) is 8.93. The zero-order chi connectivity index (χ0) is 20.1. The molecule has 1 aromatic carbocycles. The number of hydrogen-bond acceptors (Lipinski definition) is 4. The van der Waals surface area contributed by atoms with Gasteiger partial charge in [-0.3, -0.25) is 9.80 Å². The van der Waals surface area contributed by atoms with Gasteiger partial charge in [0.15, 0.2) is 0 Å². The molecule has 0 unspecified atom stereocenters. The van der Waals surface area contributed by atoms with Crippen molar-refractivity contribution in [2.45, 2.75) is 51.6 Å². The minimum atomic E-state index is 0.674. The summed E-state index contributed by atoms with van der Waals surface area (Å²) in [5.74, 6) is 1.15. The van der Waals surface area contributed by atoms with E-state index in [1.807, 2.05) is 18.3 Å². The van der Waals surface area contributed by atoms with Crippen LogP contribution in [0.4, 0.5) is 5.69 Å². The summed E-state index contributed by atoms with van der Waals surface area (Å²) in [5, 5.41) is 0.824. The standard InChI is InChI=1S/C23H34ClN5/c1-2-3-9-23-25-16-20(26-23)17-27-10-5-8-22(18-27)29-13-11-28(12-14-29)21-7-4-6-19(24)15-21/h4,6-7,15-16,22H,2-3,5,8-14,17-18H2,1H3,(H,25,26)/t22-/m0/s1. The fourth-order valence-corrected chi connectivity index (χ4v) is 4.87. The molecule has 6 heteroatoms. The van der Waals surface area contributed by atoms with Gasteiger partial charge < -0.3 is 9.88 Å². The predicted molar refractivity (Wildman–Crippen MR) is 121 cm³/mol. The maximum absolute atomic E-state index is 6.17. The quantitative estimate of drug-likeness (QED) is 0.735. The molecule has 4 rings (SSSR count). The molecule has 0 aliphatic carbocycles. The van der Waals surface area contributed by atoms with Crippen molar-refractivity contribution in [1.82, 2.24) is 19.8 Å². The molecule has 158 valence electrons. The molecular weight excluding hydrogens is 382 g/mol. The normalized spacial score (nSPS) is 21.6. The SMILES string of the molecule is CCCCc1ncc(CN2CCC[C@H](N3CCN(c4cccc(Cl)c4)CC3)C2)[nH]1. The van der Waals surface area contributed by atoms with Gasteiger partial charge in [0.25, 0.3) is 0 Å². The Morgan fingerprint density at radius 2 is 2.03 bits per heavy atom. The summed E-state index contributed by atoms with van der Waals surface area (Å²) in [6.07, 6.45) is 8.14. The lowest BCUT2D eigenvalue weighted by atomic mass is 10.0. The average Bonchev–Trinajstić information content (AvgIpc) is 3.20. The number of nitrogens with zero attached hydrogens (tertiary/aromatic N) is 4. The molecule has 2 aliphatic rings. The molecule has 29 heavy (non-hydrogen) atoms. The number of anilines is 1. The van der Waals surface area contributed by atoms with E-state index < -0.39 is 0 Å². The van der Waals surface area contributed by atoms with Crippen molar-refractivity contribution >= 4 is 17.3 Å². The van der Waals surface area contributed by atoms with Gasteiger partial charge in [0.1, 0.15) is 5.82 Å². The third-order valence-electron chi connectivity index (χ3n) is 6.33. The maximum Gasteiger partial charge on any atom is 0.106 e. The van der Waals surface area contributed by atoms with Gasteiger partial charge in [-0.25, -0.2) is 4.98 Å². The van der Waals surface area contributed by atoms with Gasteiger partial charge >= 0.3 is 0 Å². The van der Waals surface area contributed by atoms with Crippen LogP contribution in [0.15, 0.2) is 30.5 Å². The molecule has 1 atom stereocenters. The van der Waals surface area contributed by atoms with Gasteiger partial charge in [-0.1, -0.05) is 31.0 Å². The van der Waals surface area contributed by atoms with E-state index in [0.29, 0.717) is 6.04 Å². The Labute approximate surface area is 180 Å². The monoisotopic (exact) mass is 415 g/mol. The molecule has 2 saturated heterocycles. The number of imidazole rings is 1. The number of aromatic nitrogens is 2. The topological polar surface area (TPSA) is 38.4 Å². The fourth-order valence-electron chi connectivity index (χ4n) is 4.69. The van der Waals surface area contributed by atoms with E-state index in [9.17, 15) is 0 Å². The van der Waals surface area contributed by atoms with E-state index in [-0.39, 0.29) is 0 Å². The van der Waals surface area contributed by atoms with Crippen molar-refractivity contribution in [2.24, 2.45) is 0 Å². The zero-order valence-corrected chi connectivity index (χ0v) is 18.4. The van der Waals surface area contributed by atoms with Gasteiger partial charge in [0, 0.05) is 74.3 Å². The number of rotatable bonds is 7. The van der Waals surface area contributed by atoms with Crippen molar-refractivity contribution in [3.05, 3.63) is 47.0 Å². The van der Waals surface area contributed by atoms with Crippen LogP contribution in [0.25, 0.3) is 0 Å². The highest BCUT2D eigenvalue weighted by Crippen LogP contribution is 2.23. The predicted octanol–water partition coefficient (Wildman–Crippen LogP) is 4.19. The Morgan fingerprint density at radius 1 is 1.17 bits per heavy atom. The summed E-state index contributed by atoms with van der Waals surface area (Å²) in [6.45, 7) is 10.0. The fraction of sp³-hybridized carbons (Fsp3) is 0.609. The molecule has 0 bridgehead atoms. The first-order valence-corrected chi connectivity index (χ1v) is 11.6. The first-order chi connectivity index (χ1) is 14.2. The average molecular weight is 416 g/mol. The Bertz CT molecular complexity index is 768. The second-order valence-electron chi connectivity index (χ2n) is 8.49. The van der Waals surface area contributed by atoms with Crippen molar-refractivity contribution < 1.29 is 0 Å². The molecule has 2 fully saturated rings. The summed E-state index contributed by atoms with van der Waals surface area (Å²) in [6, 6.07) is 8.92. The molecule has 3 heterocycles. The Hall–Kier alpha value is -1.56. The number of aromatic amines is 1. The van der Waals surface area contributed by atoms with Crippen LogP contribution in [0.1, 0.15) is 44.1 Å². The Kier molecular flexibility index (Phi) is 7.11. The minimum absolute atomic E-state index is 0.674. The van der Waals surface area contributed by atoms with Crippen molar-refractivity contribution in [3.63, 3.8) is 0 Å². The number of piperidine rings is 1. The van der Waals surface area contributed by atoms with Crippen LogP contribution in [0.2, 0.25) is 5.02 Å². The van der Waals surface area contributed by atoms with Crippen molar-refractivity contribution in [2.75, 3.05) is 44.2 Å². The number of likely N-dealkylation sites (tertiary alicyclic amines) is 1. The first-order valence-electron chi connectivity index (χ1n) is 11.2. The molecule has 0 amide bonds. The molecule has 2 aliphatic heterocycles. The Balaban J connectivity index is 1.27. The summed E-state index contributed by atoms with van der Waals surface area (Å²) in [7, 11) is 0. The number of halogens is 1. The van der Waals surface area contributed by atoms with Gasteiger partial charge in [0.05, 0.1) is 0 Å². The van der Waals surface area contributed by atoms with Gasteiger partial charge in [-0.05, 0) is 44.0 Å². The molecule has 0 saturated carbocycles. The van der Waals surface area contributed by atoms with Gasteiger partial charge in [-0.2, -0.15) is 0 Å². The highest BCUT2D eigenvalue weighted by Gasteiger charge is 2.28. The molecule has 1 aromatic heterocycles. The van der Waals surface area contributed by atoms with E-state index in [4.69, 9.17) is 11.6 Å². The second kappa shape index (κ2) is 9.96. The summed E-state index contributed by atoms with van der Waals surface area (Å²) in [5.41, 5.74) is 2.52. The van der Waals surface area contributed by atoms with Crippen LogP contribution < -0.4 is 4.90 Å². The lowest BCUT2D eigenvalue weighted by Crippen LogP contribution is -2.55. The van der Waals surface area contributed by atoms with E-state index >= 15 is 0 Å². The number of hydrogen-bond donors (Lipinski definition) is 1. The van der Waals surface area contributed by atoms with Crippen LogP contribution in [-0.2, 0) is 13.0 Å².